The van der Waals surface area contributed by atoms with Gasteiger partial charge < -0.3 is 24.8 Å². The molecule has 1 amide bonds. The van der Waals surface area contributed by atoms with Gasteiger partial charge in [-0.1, -0.05) is 36.4 Å². The van der Waals surface area contributed by atoms with Gasteiger partial charge in [0, 0.05) is 13.7 Å². The lowest BCUT2D eigenvalue weighted by atomic mass is 9.91. The molecular formula is C22H29ClN2O4. The first-order valence-electron chi connectivity index (χ1n) is 9.55. The Morgan fingerprint density at radius 3 is 2.41 bits per heavy atom. The van der Waals surface area contributed by atoms with Crippen molar-refractivity contribution < 1.29 is 19.0 Å². The maximum Gasteiger partial charge on any atom is 0.252 e. The molecule has 0 bridgehead atoms. The van der Waals surface area contributed by atoms with E-state index in [1.54, 1.807) is 14.2 Å². The van der Waals surface area contributed by atoms with Crippen LogP contribution in [0.1, 0.15) is 24.0 Å². The van der Waals surface area contributed by atoms with Gasteiger partial charge in [-0.15, -0.1) is 12.4 Å². The van der Waals surface area contributed by atoms with Crippen LogP contribution >= 0.6 is 12.4 Å². The van der Waals surface area contributed by atoms with E-state index in [2.05, 4.69) is 10.6 Å². The van der Waals surface area contributed by atoms with Crippen molar-refractivity contribution in [3.05, 3.63) is 59.7 Å². The number of rotatable bonds is 8. The predicted octanol–water partition coefficient (Wildman–Crippen LogP) is 3.08. The monoisotopic (exact) mass is 420 g/mol. The Labute approximate surface area is 178 Å². The Morgan fingerprint density at radius 1 is 1.03 bits per heavy atom. The van der Waals surface area contributed by atoms with Gasteiger partial charge in [-0.2, -0.15) is 0 Å². The average Bonchev–Trinajstić information content (AvgIpc) is 2.77. The normalized spacial score (nSPS) is 15.1. The van der Waals surface area contributed by atoms with Crippen molar-refractivity contribution in [2.24, 2.45) is 0 Å². The molecule has 0 atom stereocenters. The smallest absolute Gasteiger partial charge is 0.252 e. The molecule has 6 nitrogen and oxygen atoms in total. The first-order valence-corrected chi connectivity index (χ1v) is 9.55. The zero-order valence-corrected chi connectivity index (χ0v) is 17.7. The van der Waals surface area contributed by atoms with Crippen LogP contribution in [0.3, 0.4) is 0 Å². The second-order valence-electron chi connectivity index (χ2n) is 6.89. The Kier molecular flexibility index (Phi) is 8.76. The molecule has 2 N–H and O–H groups in total. The molecule has 0 aliphatic carbocycles. The lowest BCUT2D eigenvalue weighted by Crippen LogP contribution is -2.53. The number of nitrogens with one attached hydrogen (secondary N) is 2. The van der Waals surface area contributed by atoms with Crippen LogP contribution in [0, 0.1) is 0 Å². The van der Waals surface area contributed by atoms with E-state index in [0.717, 1.165) is 24.2 Å². The van der Waals surface area contributed by atoms with Crippen molar-refractivity contribution >= 4 is 18.3 Å². The number of ether oxygens (including phenoxy) is 3. The molecule has 1 saturated heterocycles. The number of carbonyl (C=O) groups is 1. The van der Waals surface area contributed by atoms with Crippen molar-refractivity contribution in [3.63, 3.8) is 0 Å². The molecule has 2 aromatic carbocycles. The van der Waals surface area contributed by atoms with Crippen molar-refractivity contribution in [2.75, 3.05) is 27.3 Å². The molecule has 0 radical (unpaired) electrons. The van der Waals surface area contributed by atoms with E-state index in [9.17, 15) is 4.79 Å². The summed E-state index contributed by atoms with van der Waals surface area (Å²) in [6, 6.07) is 15.7. The number of methoxy groups -OCH3 is 2. The molecule has 1 heterocycles. The van der Waals surface area contributed by atoms with E-state index in [4.69, 9.17) is 14.2 Å². The first-order chi connectivity index (χ1) is 13.7. The molecule has 0 saturated carbocycles. The molecule has 1 aliphatic heterocycles. The van der Waals surface area contributed by atoms with Gasteiger partial charge in [0.1, 0.15) is 12.2 Å². The third-order valence-corrected chi connectivity index (χ3v) is 5.13. The molecule has 0 spiro atoms. The molecule has 1 aliphatic rings. The van der Waals surface area contributed by atoms with E-state index >= 15 is 0 Å². The molecule has 1 fully saturated rings. The van der Waals surface area contributed by atoms with Crippen LogP contribution < -0.4 is 20.1 Å². The van der Waals surface area contributed by atoms with E-state index in [0.29, 0.717) is 37.5 Å². The third kappa shape index (κ3) is 5.85. The molecule has 7 heteroatoms. The number of carbonyl (C=O) groups excluding carboxylic acids is 1. The zero-order chi connectivity index (χ0) is 19.8. The highest BCUT2D eigenvalue weighted by Gasteiger charge is 2.39. The Hall–Kier alpha value is -2.28. The van der Waals surface area contributed by atoms with Crippen LogP contribution in [0.5, 0.6) is 11.5 Å². The van der Waals surface area contributed by atoms with Crippen LogP contribution in [0.15, 0.2) is 48.5 Å². The van der Waals surface area contributed by atoms with E-state index in [1.807, 2.05) is 48.5 Å². The lowest BCUT2D eigenvalue weighted by Gasteiger charge is -2.34. The van der Waals surface area contributed by atoms with Gasteiger partial charge in [-0.05, 0) is 49.2 Å². The summed E-state index contributed by atoms with van der Waals surface area (Å²) < 4.78 is 16.9. The summed E-state index contributed by atoms with van der Waals surface area (Å²) in [6.07, 6.45) is 1.34. The number of hydrogen-bond acceptors (Lipinski definition) is 5. The summed E-state index contributed by atoms with van der Waals surface area (Å²) in [5.41, 5.74) is 1.29. The van der Waals surface area contributed by atoms with Crippen molar-refractivity contribution in [3.8, 4) is 11.5 Å². The topological polar surface area (TPSA) is 68.8 Å². The van der Waals surface area contributed by atoms with Gasteiger partial charge in [0.2, 0.25) is 0 Å². The Morgan fingerprint density at radius 2 is 1.76 bits per heavy atom. The molecule has 158 valence electrons. The van der Waals surface area contributed by atoms with Gasteiger partial charge in [0.05, 0.1) is 7.11 Å². The fourth-order valence-corrected chi connectivity index (χ4v) is 3.37. The number of benzene rings is 2. The molecule has 2 aromatic rings. The van der Waals surface area contributed by atoms with Crippen LogP contribution in [0.4, 0.5) is 0 Å². The first kappa shape index (κ1) is 23.0. The number of piperidine rings is 1. The van der Waals surface area contributed by atoms with E-state index in [-0.39, 0.29) is 18.3 Å². The van der Waals surface area contributed by atoms with Crippen LogP contribution in [-0.2, 0) is 22.7 Å². The number of amides is 1. The largest absolute Gasteiger partial charge is 0.493 e. The Bertz CT molecular complexity index is 780. The summed E-state index contributed by atoms with van der Waals surface area (Å²) in [4.78, 5) is 12.7. The highest BCUT2D eigenvalue weighted by Crippen LogP contribution is 2.29. The quantitative estimate of drug-likeness (QED) is 0.686. The second-order valence-corrected chi connectivity index (χ2v) is 6.89. The van der Waals surface area contributed by atoms with Gasteiger partial charge >= 0.3 is 0 Å². The van der Waals surface area contributed by atoms with Gasteiger partial charge in [-0.3, -0.25) is 4.79 Å². The van der Waals surface area contributed by atoms with Crippen molar-refractivity contribution in [1.82, 2.24) is 10.6 Å². The fraction of sp³-hybridized carbons (Fsp3) is 0.409. The predicted molar refractivity (Wildman–Crippen MR) is 115 cm³/mol. The highest BCUT2D eigenvalue weighted by atomic mass is 35.5. The number of halogens is 1. The summed E-state index contributed by atoms with van der Waals surface area (Å²) in [7, 11) is 3.22. The third-order valence-electron chi connectivity index (χ3n) is 5.13. The van der Waals surface area contributed by atoms with Crippen LogP contribution in [0.2, 0.25) is 0 Å². The SMILES string of the molecule is COc1cc(CNC(=O)C2(OC)CCNCC2)ccc1OCc1ccccc1.Cl. The number of hydrogen-bond donors (Lipinski definition) is 2. The van der Waals surface area contributed by atoms with Gasteiger partial charge in [0.15, 0.2) is 11.5 Å². The minimum atomic E-state index is -0.742. The summed E-state index contributed by atoms with van der Waals surface area (Å²) >= 11 is 0. The standard InChI is InChI=1S/C22H28N2O4.ClH/c1-26-20-14-18(8-9-19(20)28-16-17-6-4-3-5-7-17)15-24-21(25)22(27-2)10-12-23-13-11-22;/h3-9,14,23H,10-13,15-16H2,1-2H3,(H,24,25);1H. The van der Waals surface area contributed by atoms with Crippen LogP contribution in [0.25, 0.3) is 0 Å². The van der Waals surface area contributed by atoms with Crippen molar-refractivity contribution in [2.45, 2.75) is 31.6 Å². The average molecular weight is 421 g/mol. The maximum absolute atomic E-state index is 12.7. The zero-order valence-electron chi connectivity index (χ0n) is 16.9. The minimum Gasteiger partial charge on any atom is -0.493 e. The molecule has 0 aromatic heterocycles. The van der Waals surface area contributed by atoms with E-state index in [1.165, 1.54) is 0 Å². The minimum absolute atomic E-state index is 0. The molecule has 29 heavy (non-hydrogen) atoms. The summed E-state index contributed by atoms with van der Waals surface area (Å²) in [6.45, 7) is 2.44. The van der Waals surface area contributed by atoms with Crippen LogP contribution in [-0.4, -0.2) is 38.8 Å². The lowest BCUT2D eigenvalue weighted by molar-refractivity contribution is -0.146. The molecular weight excluding hydrogens is 392 g/mol. The van der Waals surface area contributed by atoms with Gasteiger partial charge in [-0.25, -0.2) is 0 Å². The second kappa shape index (κ2) is 11.0. The Balaban J connectivity index is 0.00000300. The fourth-order valence-electron chi connectivity index (χ4n) is 3.37. The summed E-state index contributed by atoms with van der Waals surface area (Å²) in [5.74, 6) is 1.25. The maximum atomic E-state index is 12.7. The highest BCUT2D eigenvalue weighted by molar-refractivity contribution is 5.85. The van der Waals surface area contributed by atoms with Gasteiger partial charge in [0.25, 0.3) is 5.91 Å². The molecule has 3 rings (SSSR count). The summed E-state index contributed by atoms with van der Waals surface area (Å²) in [5, 5.41) is 6.26. The molecule has 0 unspecified atom stereocenters. The van der Waals surface area contributed by atoms with E-state index < -0.39 is 5.60 Å². The van der Waals surface area contributed by atoms with Crippen molar-refractivity contribution in [1.29, 1.82) is 0 Å².